The Hall–Kier alpha value is -0.930. The van der Waals surface area contributed by atoms with Crippen LogP contribution in [0, 0.1) is 6.92 Å². The van der Waals surface area contributed by atoms with Gasteiger partial charge in [-0.05, 0) is 20.0 Å². The largest absolute Gasteiger partial charge is 0.387 e. The molecule has 0 saturated heterocycles. The van der Waals surface area contributed by atoms with Crippen molar-refractivity contribution in [3.05, 3.63) is 29.6 Å². The number of nitrogens with zero attached hydrogens (tertiary/aromatic N) is 1. The number of pyridine rings is 1. The van der Waals surface area contributed by atoms with Gasteiger partial charge >= 0.3 is 0 Å². The maximum Gasteiger partial charge on any atom is 0.0931 e. The summed E-state index contributed by atoms with van der Waals surface area (Å²) in [6.45, 7) is 2.46. The smallest absolute Gasteiger partial charge is 0.0931 e. The third-order valence-electron chi connectivity index (χ3n) is 1.80. The van der Waals surface area contributed by atoms with Crippen molar-refractivity contribution in [1.29, 1.82) is 0 Å². The Morgan fingerprint density at radius 2 is 2.42 bits per heavy atom. The van der Waals surface area contributed by atoms with E-state index < -0.39 is 6.10 Å². The number of aromatic nitrogens is 1. The highest BCUT2D eigenvalue weighted by Gasteiger charge is 2.08. The fraction of sp³-hybridized carbons (Fsp3) is 0.444. The van der Waals surface area contributed by atoms with Crippen LogP contribution in [0.15, 0.2) is 18.3 Å². The molecule has 3 heteroatoms. The highest BCUT2D eigenvalue weighted by Crippen LogP contribution is 2.13. The molecule has 0 aliphatic rings. The van der Waals surface area contributed by atoms with Gasteiger partial charge in [-0.3, -0.25) is 4.98 Å². The van der Waals surface area contributed by atoms with Crippen molar-refractivity contribution in [3.63, 3.8) is 0 Å². The fourth-order valence-electron chi connectivity index (χ4n) is 1.15. The minimum atomic E-state index is -0.455. The summed E-state index contributed by atoms with van der Waals surface area (Å²) in [4.78, 5) is 4.09. The van der Waals surface area contributed by atoms with Gasteiger partial charge in [-0.15, -0.1) is 0 Å². The number of aliphatic hydroxyl groups is 1. The minimum absolute atomic E-state index is 0.455. The molecule has 1 aromatic rings. The lowest BCUT2D eigenvalue weighted by Gasteiger charge is -2.11. The van der Waals surface area contributed by atoms with E-state index in [1.807, 2.05) is 26.1 Å². The average Bonchev–Trinajstić information content (AvgIpc) is 2.05. The van der Waals surface area contributed by atoms with E-state index in [4.69, 9.17) is 0 Å². The second kappa shape index (κ2) is 4.18. The third kappa shape index (κ3) is 2.03. The van der Waals surface area contributed by atoms with Crippen LogP contribution >= 0.6 is 0 Å². The Labute approximate surface area is 72.5 Å². The fourth-order valence-corrected chi connectivity index (χ4v) is 1.15. The monoisotopic (exact) mass is 166 g/mol. The summed E-state index contributed by atoms with van der Waals surface area (Å²) in [6.07, 6.45) is 1.27. The zero-order valence-electron chi connectivity index (χ0n) is 7.41. The molecule has 1 unspecified atom stereocenters. The van der Waals surface area contributed by atoms with E-state index in [1.54, 1.807) is 6.20 Å². The Morgan fingerprint density at radius 3 is 3.00 bits per heavy atom. The molecule has 2 N–H and O–H groups in total. The predicted molar refractivity (Wildman–Crippen MR) is 47.9 cm³/mol. The highest BCUT2D eigenvalue weighted by molar-refractivity contribution is 5.21. The SMILES string of the molecule is CNCC(O)c1cccnc1C. The topological polar surface area (TPSA) is 45.1 Å². The van der Waals surface area contributed by atoms with Crippen LogP contribution in [0.25, 0.3) is 0 Å². The molecule has 3 nitrogen and oxygen atoms in total. The van der Waals surface area contributed by atoms with E-state index in [9.17, 15) is 5.11 Å². The van der Waals surface area contributed by atoms with Crippen molar-refractivity contribution < 1.29 is 5.11 Å². The molecule has 0 amide bonds. The number of aryl methyl sites for hydroxylation is 1. The molecule has 1 atom stereocenters. The van der Waals surface area contributed by atoms with Crippen LogP contribution < -0.4 is 5.32 Å². The first-order chi connectivity index (χ1) is 5.75. The summed E-state index contributed by atoms with van der Waals surface area (Å²) in [6, 6.07) is 3.73. The number of nitrogens with one attached hydrogen (secondary N) is 1. The summed E-state index contributed by atoms with van der Waals surface area (Å²) >= 11 is 0. The number of hydrogen-bond donors (Lipinski definition) is 2. The van der Waals surface area contributed by atoms with Crippen molar-refractivity contribution in [2.45, 2.75) is 13.0 Å². The van der Waals surface area contributed by atoms with Crippen molar-refractivity contribution in [2.75, 3.05) is 13.6 Å². The molecule has 0 aliphatic carbocycles. The van der Waals surface area contributed by atoms with E-state index >= 15 is 0 Å². The van der Waals surface area contributed by atoms with Crippen LogP contribution in [0.2, 0.25) is 0 Å². The van der Waals surface area contributed by atoms with Crippen LogP contribution in [0.3, 0.4) is 0 Å². The predicted octanol–water partition coefficient (Wildman–Crippen LogP) is 0.643. The van der Waals surface area contributed by atoms with Crippen molar-refractivity contribution in [3.8, 4) is 0 Å². The summed E-state index contributed by atoms with van der Waals surface area (Å²) < 4.78 is 0. The van der Waals surface area contributed by atoms with E-state index in [1.165, 1.54) is 0 Å². The molecule has 0 bridgehead atoms. The number of likely N-dealkylation sites (N-methyl/N-ethyl adjacent to an activating group) is 1. The van der Waals surface area contributed by atoms with Crippen LogP contribution in [-0.4, -0.2) is 23.7 Å². The van der Waals surface area contributed by atoms with Gasteiger partial charge in [-0.1, -0.05) is 6.07 Å². The van der Waals surface area contributed by atoms with Gasteiger partial charge in [-0.2, -0.15) is 0 Å². The van der Waals surface area contributed by atoms with Crippen LogP contribution in [0.5, 0.6) is 0 Å². The van der Waals surface area contributed by atoms with Crippen LogP contribution in [-0.2, 0) is 0 Å². The molecule has 1 aromatic heterocycles. The van der Waals surface area contributed by atoms with Gasteiger partial charge < -0.3 is 10.4 Å². The van der Waals surface area contributed by atoms with Crippen molar-refractivity contribution >= 4 is 0 Å². The van der Waals surface area contributed by atoms with Crippen molar-refractivity contribution in [1.82, 2.24) is 10.3 Å². The van der Waals surface area contributed by atoms with Gasteiger partial charge in [0.2, 0.25) is 0 Å². The number of rotatable bonds is 3. The molecule has 0 radical (unpaired) electrons. The standard InChI is InChI=1S/C9H14N2O/c1-7-8(4-3-5-11-7)9(12)6-10-2/h3-5,9-10,12H,6H2,1-2H3. The molecule has 1 heterocycles. The quantitative estimate of drug-likeness (QED) is 0.692. The Kier molecular flexibility index (Phi) is 3.19. The Bertz CT molecular complexity index is 250. The lowest BCUT2D eigenvalue weighted by molar-refractivity contribution is 0.176. The van der Waals surface area contributed by atoms with E-state index in [-0.39, 0.29) is 0 Å². The molecule has 0 aromatic carbocycles. The van der Waals surface area contributed by atoms with Gasteiger partial charge in [0.15, 0.2) is 0 Å². The van der Waals surface area contributed by atoms with Crippen LogP contribution in [0.4, 0.5) is 0 Å². The lowest BCUT2D eigenvalue weighted by atomic mass is 10.1. The molecule has 66 valence electrons. The first kappa shape index (κ1) is 9.16. The summed E-state index contributed by atoms with van der Waals surface area (Å²) in [5.74, 6) is 0. The third-order valence-corrected chi connectivity index (χ3v) is 1.80. The highest BCUT2D eigenvalue weighted by atomic mass is 16.3. The summed E-state index contributed by atoms with van der Waals surface area (Å²) in [7, 11) is 1.81. The summed E-state index contributed by atoms with van der Waals surface area (Å²) in [5, 5.41) is 12.5. The van der Waals surface area contributed by atoms with E-state index in [0.717, 1.165) is 11.3 Å². The summed E-state index contributed by atoms with van der Waals surface area (Å²) in [5.41, 5.74) is 1.78. The first-order valence-corrected chi connectivity index (χ1v) is 4.00. The molecule has 0 spiro atoms. The zero-order valence-corrected chi connectivity index (χ0v) is 7.41. The Balaban J connectivity index is 2.79. The molecule has 1 rings (SSSR count). The average molecular weight is 166 g/mol. The molecule has 12 heavy (non-hydrogen) atoms. The first-order valence-electron chi connectivity index (χ1n) is 4.00. The van der Waals surface area contributed by atoms with Crippen molar-refractivity contribution in [2.24, 2.45) is 0 Å². The molecule has 0 fully saturated rings. The van der Waals surface area contributed by atoms with Crippen LogP contribution in [0.1, 0.15) is 17.4 Å². The zero-order chi connectivity index (χ0) is 8.97. The van der Waals surface area contributed by atoms with Gasteiger partial charge in [0, 0.05) is 24.0 Å². The second-order valence-corrected chi connectivity index (χ2v) is 2.75. The minimum Gasteiger partial charge on any atom is -0.387 e. The lowest BCUT2D eigenvalue weighted by Crippen LogP contribution is -2.17. The molecule has 0 saturated carbocycles. The van der Waals surface area contributed by atoms with Gasteiger partial charge in [0.05, 0.1) is 6.10 Å². The maximum absolute atomic E-state index is 9.60. The van der Waals surface area contributed by atoms with E-state index in [2.05, 4.69) is 10.3 Å². The number of aliphatic hydroxyl groups excluding tert-OH is 1. The second-order valence-electron chi connectivity index (χ2n) is 2.75. The van der Waals surface area contributed by atoms with Gasteiger partial charge in [-0.25, -0.2) is 0 Å². The van der Waals surface area contributed by atoms with Gasteiger partial charge in [0.25, 0.3) is 0 Å². The molecular weight excluding hydrogens is 152 g/mol. The van der Waals surface area contributed by atoms with E-state index in [0.29, 0.717) is 6.54 Å². The normalized spacial score (nSPS) is 12.9. The molecule has 0 aliphatic heterocycles. The molecular formula is C9H14N2O. The maximum atomic E-state index is 9.60. The Morgan fingerprint density at radius 1 is 1.67 bits per heavy atom. The van der Waals surface area contributed by atoms with Gasteiger partial charge in [0.1, 0.15) is 0 Å². The number of hydrogen-bond acceptors (Lipinski definition) is 3.